The zero-order valence-corrected chi connectivity index (χ0v) is 12.4. The molecule has 0 fully saturated rings. The summed E-state index contributed by atoms with van der Waals surface area (Å²) in [5.41, 5.74) is 1.04. The normalized spacial score (nSPS) is 10.3. The third-order valence-electron chi connectivity index (χ3n) is 2.77. The molecule has 0 spiro atoms. The van der Waals surface area contributed by atoms with Crippen molar-refractivity contribution in [3.05, 3.63) is 53.1 Å². The first-order valence-corrected chi connectivity index (χ1v) is 6.95. The fourth-order valence-corrected chi connectivity index (χ4v) is 2.10. The largest absolute Gasteiger partial charge is 0.490 e. The van der Waals surface area contributed by atoms with Crippen LogP contribution in [-0.2, 0) is 6.54 Å². The monoisotopic (exact) mass is 291 g/mol. The molecule has 2 rings (SSSR count). The summed E-state index contributed by atoms with van der Waals surface area (Å²) in [6, 6.07) is 13.3. The van der Waals surface area contributed by atoms with Crippen LogP contribution in [0.3, 0.4) is 0 Å². The van der Waals surface area contributed by atoms with Crippen LogP contribution in [0.4, 0.5) is 0 Å². The van der Waals surface area contributed by atoms with Gasteiger partial charge in [0.05, 0.1) is 6.61 Å². The number of hydrogen-bond acceptors (Lipinski definition) is 3. The Morgan fingerprint density at radius 1 is 1.10 bits per heavy atom. The van der Waals surface area contributed by atoms with Gasteiger partial charge in [-0.05, 0) is 43.8 Å². The van der Waals surface area contributed by atoms with Gasteiger partial charge in [0.2, 0.25) is 0 Å². The highest BCUT2D eigenvalue weighted by atomic mass is 35.5. The maximum Gasteiger partial charge on any atom is 0.169 e. The smallest absolute Gasteiger partial charge is 0.169 e. The fraction of sp³-hybridized carbons (Fsp3) is 0.250. The summed E-state index contributed by atoms with van der Waals surface area (Å²) in [5, 5.41) is 3.76. The molecule has 0 bridgehead atoms. The standard InChI is InChI=1S/C16H18ClNO2/c1-3-19-15-6-4-5-7-16(15)20-13-9-8-12(11-18-2)14(17)10-13/h4-10,18H,3,11H2,1-2H3. The Kier molecular flexibility index (Phi) is 5.27. The molecule has 1 N–H and O–H groups in total. The van der Waals surface area contributed by atoms with Gasteiger partial charge in [0.15, 0.2) is 11.5 Å². The molecular formula is C16H18ClNO2. The number of halogens is 1. The number of rotatable bonds is 6. The van der Waals surface area contributed by atoms with Gasteiger partial charge in [-0.25, -0.2) is 0 Å². The van der Waals surface area contributed by atoms with Crippen molar-refractivity contribution in [1.82, 2.24) is 5.32 Å². The molecule has 4 heteroatoms. The van der Waals surface area contributed by atoms with Gasteiger partial charge in [0.1, 0.15) is 5.75 Å². The maximum atomic E-state index is 6.22. The molecule has 0 aromatic heterocycles. The van der Waals surface area contributed by atoms with Gasteiger partial charge < -0.3 is 14.8 Å². The van der Waals surface area contributed by atoms with Crippen molar-refractivity contribution in [3.8, 4) is 17.2 Å². The van der Waals surface area contributed by atoms with Crippen LogP contribution in [0.25, 0.3) is 0 Å². The number of para-hydroxylation sites is 2. The molecule has 3 nitrogen and oxygen atoms in total. The number of hydrogen-bond donors (Lipinski definition) is 1. The van der Waals surface area contributed by atoms with Crippen molar-refractivity contribution < 1.29 is 9.47 Å². The maximum absolute atomic E-state index is 6.22. The van der Waals surface area contributed by atoms with Crippen LogP contribution in [0.2, 0.25) is 5.02 Å². The third kappa shape index (κ3) is 3.65. The number of nitrogens with one attached hydrogen (secondary N) is 1. The molecule has 106 valence electrons. The highest BCUT2D eigenvalue weighted by Gasteiger charge is 2.07. The third-order valence-corrected chi connectivity index (χ3v) is 3.12. The van der Waals surface area contributed by atoms with E-state index in [1.54, 1.807) is 0 Å². The first-order chi connectivity index (χ1) is 9.74. The minimum absolute atomic E-state index is 0.599. The molecule has 0 aliphatic carbocycles. The first-order valence-electron chi connectivity index (χ1n) is 6.57. The quantitative estimate of drug-likeness (QED) is 0.863. The van der Waals surface area contributed by atoms with E-state index in [1.165, 1.54) is 0 Å². The Morgan fingerprint density at radius 3 is 2.50 bits per heavy atom. The number of ether oxygens (including phenoxy) is 2. The lowest BCUT2D eigenvalue weighted by Gasteiger charge is -2.12. The van der Waals surface area contributed by atoms with Crippen molar-refractivity contribution in [2.24, 2.45) is 0 Å². The van der Waals surface area contributed by atoms with Crippen LogP contribution in [0.15, 0.2) is 42.5 Å². The van der Waals surface area contributed by atoms with Crippen LogP contribution >= 0.6 is 11.6 Å². The molecule has 0 aliphatic heterocycles. The predicted molar refractivity (Wildman–Crippen MR) is 81.9 cm³/mol. The average Bonchev–Trinajstić information content (AvgIpc) is 2.44. The van der Waals surface area contributed by atoms with Gasteiger partial charge >= 0.3 is 0 Å². The summed E-state index contributed by atoms with van der Waals surface area (Å²) in [7, 11) is 1.89. The lowest BCUT2D eigenvalue weighted by molar-refractivity contribution is 0.321. The summed E-state index contributed by atoms with van der Waals surface area (Å²) in [6.07, 6.45) is 0. The zero-order valence-electron chi connectivity index (χ0n) is 11.7. The Hall–Kier alpha value is -1.71. The summed E-state index contributed by atoms with van der Waals surface area (Å²) in [4.78, 5) is 0. The van der Waals surface area contributed by atoms with E-state index in [0.29, 0.717) is 23.1 Å². The fourth-order valence-electron chi connectivity index (χ4n) is 1.86. The summed E-state index contributed by atoms with van der Waals surface area (Å²) in [6.45, 7) is 3.27. The van der Waals surface area contributed by atoms with Crippen molar-refractivity contribution in [2.45, 2.75) is 13.5 Å². The molecular weight excluding hydrogens is 274 g/mol. The molecule has 0 unspecified atom stereocenters. The van der Waals surface area contributed by atoms with Gasteiger partial charge in [-0.2, -0.15) is 0 Å². The van der Waals surface area contributed by atoms with E-state index in [2.05, 4.69) is 5.32 Å². The highest BCUT2D eigenvalue weighted by Crippen LogP contribution is 2.33. The SMILES string of the molecule is CCOc1ccccc1Oc1ccc(CNC)c(Cl)c1. The van der Waals surface area contributed by atoms with Crippen molar-refractivity contribution in [1.29, 1.82) is 0 Å². The van der Waals surface area contributed by atoms with Crippen molar-refractivity contribution in [2.75, 3.05) is 13.7 Å². The molecule has 0 radical (unpaired) electrons. The molecule has 2 aromatic rings. The van der Waals surface area contributed by atoms with Gasteiger partial charge in [-0.1, -0.05) is 29.8 Å². The number of benzene rings is 2. The van der Waals surface area contributed by atoms with Gasteiger partial charge in [-0.3, -0.25) is 0 Å². The Balaban J connectivity index is 2.20. The van der Waals surface area contributed by atoms with Crippen LogP contribution in [-0.4, -0.2) is 13.7 Å². The Morgan fingerprint density at radius 2 is 1.85 bits per heavy atom. The van der Waals surface area contributed by atoms with E-state index < -0.39 is 0 Å². The minimum atomic E-state index is 0.599. The Bertz CT molecular complexity index is 572. The minimum Gasteiger partial charge on any atom is -0.490 e. The van der Waals surface area contributed by atoms with Crippen LogP contribution in [0.1, 0.15) is 12.5 Å². The molecule has 0 saturated heterocycles. The lowest BCUT2D eigenvalue weighted by atomic mass is 10.2. The van der Waals surface area contributed by atoms with E-state index in [9.17, 15) is 0 Å². The van der Waals surface area contributed by atoms with E-state index >= 15 is 0 Å². The highest BCUT2D eigenvalue weighted by molar-refractivity contribution is 6.31. The van der Waals surface area contributed by atoms with E-state index in [0.717, 1.165) is 17.9 Å². The van der Waals surface area contributed by atoms with Gasteiger partial charge in [0.25, 0.3) is 0 Å². The second-order valence-corrected chi connectivity index (χ2v) is 4.67. The first kappa shape index (κ1) is 14.7. The second-order valence-electron chi connectivity index (χ2n) is 4.27. The molecule has 0 aliphatic rings. The van der Waals surface area contributed by atoms with Crippen LogP contribution < -0.4 is 14.8 Å². The summed E-state index contributed by atoms with van der Waals surface area (Å²) < 4.78 is 11.4. The molecule has 0 heterocycles. The van der Waals surface area contributed by atoms with Gasteiger partial charge in [0, 0.05) is 11.6 Å². The van der Waals surface area contributed by atoms with E-state index in [-0.39, 0.29) is 0 Å². The summed E-state index contributed by atoms with van der Waals surface area (Å²) >= 11 is 6.22. The second kappa shape index (κ2) is 7.17. The molecule has 0 atom stereocenters. The zero-order chi connectivity index (χ0) is 14.4. The van der Waals surface area contributed by atoms with Crippen LogP contribution in [0, 0.1) is 0 Å². The van der Waals surface area contributed by atoms with Crippen LogP contribution in [0.5, 0.6) is 17.2 Å². The molecule has 2 aromatic carbocycles. The summed E-state index contributed by atoms with van der Waals surface area (Å²) in [5.74, 6) is 2.11. The van der Waals surface area contributed by atoms with Crippen molar-refractivity contribution >= 4 is 11.6 Å². The van der Waals surface area contributed by atoms with E-state index in [4.69, 9.17) is 21.1 Å². The molecule has 0 saturated carbocycles. The van der Waals surface area contributed by atoms with Crippen molar-refractivity contribution in [3.63, 3.8) is 0 Å². The topological polar surface area (TPSA) is 30.5 Å². The molecule has 0 amide bonds. The molecule has 20 heavy (non-hydrogen) atoms. The average molecular weight is 292 g/mol. The lowest BCUT2D eigenvalue weighted by Crippen LogP contribution is -2.05. The predicted octanol–water partition coefficient (Wildman–Crippen LogP) is 4.25. The van der Waals surface area contributed by atoms with E-state index in [1.807, 2.05) is 56.4 Å². The Labute approximate surface area is 124 Å². The van der Waals surface area contributed by atoms with Gasteiger partial charge in [-0.15, -0.1) is 0 Å².